The highest BCUT2D eigenvalue weighted by Crippen LogP contribution is 2.48. The first-order valence-electron chi connectivity index (χ1n) is 10.5. The van der Waals surface area contributed by atoms with E-state index in [1.54, 1.807) is 31.2 Å². The molecule has 3 aromatic rings. The number of hydrogen-bond donors (Lipinski definition) is 1. The van der Waals surface area contributed by atoms with E-state index in [-0.39, 0.29) is 38.4 Å². The molecule has 1 heterocycles. The molecular formula is C26H19Cl2F2NO5. The van der Waals surface area contributed by atoms with Gasteiger partial charge in [0, 0.05) is 6.07 Å². The van der Waals surface area contributed by atoms with Crippen LogP contribution in [0.3, 0.4) is 0 Å². The van der Waals surface area contributed by atoms with Gasteiger partial charge < -0.3 is 14.6 Å². The molecule has 36 heavy (non-hydrogen) atoms. The first-order chi connectivity index (χ1) is 17.1. The first-order valence-corrected chi connectivity index (χ1v) is 11.3. The molecule has 4 rings (SSSR count). The van der Waals surface area contributed by atoms with Gasteiger partial charge in [0.15, 0.2) is 11.5 Å². The molecule has 1 atom stereocenters. The summed E-state index contributed by atoms with van der Waals surface area (Å²) in [6, 6.07) is 9.44. The standard InChI is InChI=1S/C26H19Cl2F2NO5/c1-12-5-4-6-13(9-12)21-19(22(32)15-11-16(27)25(36-3)20(28)24(15)35-2)23(33)26(34)31(21)18-8-7-14(29)10-17(18)30/h4-11,21,32H,1-3H3/b22-19+. The van der Waals surface area contributed by atoms with Gasteiger partial charge in [-0.05, 0) is 30.7 Å². The minimum atomic E-state index is -1.26. The Labute approximate surface area is 215 Å². The quantitative estimate of drug-likeness (QED) is 0.239. The van der Waals surface area contributed by atoms with E-state index < -0.39 is 35.1 Å². The van der Waals surface area contributed by atoms with Gasteiger partial charge in [-0.15, -0.1) is 0 Å². The highest BCUT2D eigenvalue weighted by Gasteiger charge is 2.48. The predicted octanol–water partition coefficient (Wildman–Crippen LogP) is 6.22. The number of carbonyl (C=O) groups excluding carboxylic acids is 2. The van der Waals surface area contributed by atoms with E-state index >= 15 is 0 Å². The second kappa shape index (κ2) is 9.79. The zero-order chi connectivity index (χ0) is 26.3. The molecule has 10 heteroatoms. The van der Waals surface area contributed by atoms with Crippen molar-refractivity contribution >= 4 is 46.3 Å². The lowest BCUT2D eigenvalue weighted by Gasteiger charge is -2.26. The smallest absolute Gasteiger partial charge is 0.300 e. The summed E-state index contributed by atoms with van der Waals surface area (Å²) in [5.41, 5.74) is 0.421. The van der Waals surface area contributed by atoms with Crippen LogP contribution in [0.2, 0.25) is 10.0 Å². The third kappa shape index (κ3) is 4.16. The summed E-state index contributed by atoms with van der Waals surface area (Å²) in [5.74, 6) is -4.73. The number of rotatable bonds is 5. The molecule has 0 bridgehead atoms. The van der Waals surface area contributed by atoms with E-state index in [0.29, 0.717) is 11.6 Å². The lowest BCUT2D eigenvalue weighted by molar-refractivity contribution is -0.132. The van der Waals surface area contributed by atoms with Crippen LogP contribution in [0.25, 0.3) is 5.76 Å². The van der Waals surface area contributed by atoms with Gasteiger partial charge in [-0.1, -0.05) is 53.0 Å². The Morgan fingerprint density at radius 2 is 1.69 bits per heavy atom. The lowest BCUT2D eigenvalue weighted by Crippen LogP contribution is -2.30. The fourth-order valence-electron chi connectivity index (χ4n) is 4.20. The van der Waals surface area contributed by atoms with Crippen LogP contribution in [-0.2, 0) is 9.59 Å². The van der Waals surface area contributed by atoms with E-state index in [1.807, 2.05) is 0 Å². The number of ketones is 1. The van der Waals surface area contributed by atoms with Gasteiger partial charge in [0.2, 0.25) is 0 Å². The summed E-state index contributed by atoms with van der Waals surface area (Å²) < 4.78 is 39.0. The molecule has 1 N–H and O–H groups in total. The van der Waals surface area contributed by atoms with E-state index in [9.17, 15) is 23.5 Å². The molecule has 0 aliphatic carbocycles. The maximum atomic E-state index is 14.8. The second-order valence-electron chi connectivity index (χ2n) is 7.97. The molecule has 1 aliphatic heterocycles. The van der Waals surface area contributed by atoms with Crippen LogP contribution in [0, 0.1) is 18.6 Å². The van der Waals surface area contributed by atoms with Crippen molar-refractivity contribution in [3.63, 3.8) is 0 Å². The number of carbonyl (C=O) groups is 2. The molecule has 0 aromatic heterocycles. The maximum Gasteiger partial charge on any atom is 0.300 e. The molecule has 6 nitrogen and oxygen atoms in total. The van der Waals surface area contributed by atoms with Gasteiger partial charge in [0.05, 0.1) is 42.1 Å². The molecule has 3 aromatic carbocycles. The van der Waals surface area contributed by atoms with Crippen LogP contribution in [-0.4, -0.2) is 31.0 Å². The van der Waals surface area contributed by atoms with E-state index in [4.69, 9.17) is 32.7 Å². The number of halogens is 4. The number of aliphatic hydroxyl groups excluding tert-OH is 1. The summed E-state index contributed by atoms with van der Waals surface area (Å²) in [5, 5.41) is 11.3. The van der Waals surface area contributed by atoms with Crippen molar-refractivity contribution in [3.8, 4) is 11.5 Å². The molecule has 186 valence electrons. The van der Waals surface area contributed by atoms with Crippen LogP contribution < -0.4 is 14.4 Å². The Bertz CT molecular complexity index is 1440. The maximum absolute atomic E-state index is 14.8. The number of aliphatic hydroxyl groups is 1. The number of benzene rings is 3. The number of aryl methyl sites for hydroxylation is 1. The van der Waals surface area contributed by atoms with Crippen LogP contribution >= 0.6 is 23.2 Å². The third-order valence-corrected chi connectivity index (χ3v) is 6.39. The molecular weight excluding hydrogens is 515 g/mol. The Morgan fingerprint density at radius 3 is 2.31 bits per heavy atom. The SMILES string of the molecule is COc1c(Cl)cc(/C(O)=C2\C(=O)C(=O)N(c3ccc(F)cc3F)C2c2cccc(C)c2)c(OC)c1Cl. The molecule has 0 spiro atoms. The summed E-state index contributed by atoms with van der Waals surface area (Å²) >= 11 is 12.6. The van der Waals surface area contributed by atoms with Crippen LogP contribution in [0.5, 0.6) is 11.5 Å². The zero-order valence-electron chi connectivity index (χ0n) is 19.2. The van der Waals surface area contributed by atoms with Crippen molar-refractivity contribution in [1.29, 1.82) is 0 Å². The highest BCUT2D eigenvalue weighted by atomic mass is 35.5. The number of Topliss-reactive ketones (excluding diaryl/α,β-unsaturated/α-hetero) is 1. The van der Waals surface area contributed by atoms with Crippen molar-refractivity contribution in [2.45, 2.75) is 13.0 Å². The molecule has 1 saturated heterocycles. The number of ether oxygens (including phenoxy) is 2. The molecule has 0 saturated carbocycles. The number of methoxy groups -OCH3 is 2. The second-order valence-corrected chi connectivity index (χ2v) is 8.75. The molecule has 1 unspecified atom stereocenters. The fourth-order valence-corrected chi connectivity index (χ4v) is 4.89. The molecule has 1 amide bonds. The normalized spacial score (nSPS) is 17.0. The van der Waals surface area contributed by atoms with Crippen LogP contribution in [0.1, 0.15) is 22.7 Å². The Morgan fingerprint density at radius 1 is 1.00 bits per heavy atom. The summed E-state index contributed by atoms with van der Waals surface area (Å²) in [6.07, 6.45) is 0. The van der Waals surface area contributed by atoms with Crippen LogP contribution in [0.4, 0.5) is 14.5 Å². The minimum Gasteiger partial charge on any atom is -0.507 e. The molecule has 1 fully saturated rings. The van der Waals surface area contributed by atoms with Gasteiger partial charge in [0.1, 0.15) is 22.4 Å². The topological polar surface area (TPSA) is 76.1 Å². The fraction of sp³-hybridized carbons (Fsp3) is 0.154. The highest BCUT2D eigenvalue weighted by molar-refractivity contribution is 6.52. The van der Waals surface area contributed by atoms with Gasteiger partial charge in [-0.2, -0.15) is 0 Å². The van der Waals surface area contributed by atoms with Crippen molar-refractivity contribution in [3.05, 3.63) is 92.5 Å². The average Bonchev–Trinajstić information content (AvgIpc) is 3.09. The Kier molecular flexibility index (Phi) is 6.93. The van der Waals surface area contributed by atoms with Crippen molar-refractivity contribution < 1.29 is 33.0 Å². The van der Waals surface area contributed by atoms with Gasteiger partial charge in [0.25, 0.3) is 11.7 Å². The van der Waals surface area contributed by atoms with E-state index in [1.165, 1.54) is 20.3 Å². The number of hydrogen-bond acceptors (Lipinski definition) is 5. The zero-order valence-corrected chi connectivity index (χ0v) is 20.7. The summed E-state index contributed by atoms with van der Waals surface area (Å²) in [4.78, 5) is 27.4. The number of anilines is 1. The average molecular weight is 534 g/mol. The summed E-state index contributed by atoms with van der Waals surface area (Å²) in [6.45, 7) is 1.79. The number of amides is 1. The predicted molar refractivity (Wildman–Crippen MR) is 132 cm³/mol. The molecule has 1 aliphatic rings. The van der Waals surface area contributed by atoms with E-state index in [2.05, 4.69) is 0 Å². The van der Waals surface area contributed by atoms with Crippen molar-refractivity contribution in [2.24, 2.45) is 0 Å². The minimum absolute atomic E-state index is 0.00997. The van der Waals surface area contributed by atoms with Gasteiger partial charge in [-0.25, -0.2) is 8.78 Å². The van der Waals surface area contributed by atoms with Crippen molar-refractivity contribution in [2.75, 3.05) is 19.1 Å². The van der Waals surface area contributed by atoms with Crippen LogP contribution in [0.15, 0.2) is 54.1 Å². The van der Waals surface area contributed by atoms with E-state index in [0.717, 1.165) is 22.6 Å². The Hall–Kier alpha value is -3.62. The summed E-state index contributed by atoms with van der Waals surface area (Å²) in [7, 11) is 2.63. The monoisotopic (exact) mass is 533 g/mol. The third-order valence-electron chi connectivity index (χ3n) is 5.77. The lowest BCUT2D eigenvalue weighted by atomic mass is 9.94. The Balaban J connectivity index is 2.04. The van der Waals surface area contributed by atoms with Crippen molar-refractivity contribution in [1.82, 2.24) is 0 Å². The van der Waals surface area contributed by atoms with Gasteiger partial charge >= 0.3 is 0 Å². The first kappa shape index (κ1) is 25.5. The largest absolute Gasteiger partial charge is 0.507 e. The number of nitrogens with zero attached hydrogens (tertiary/aromatic N) is 1. The van der Waals surface area contributed by atoms with Gasteiger partial charge in [-0.3, -0.25) is 14.5 Å². The molecule has 0 radical (unpaired) electrons.